The lowest BCUT2D eigenvalue weighted by Crippen LogP contribution is -2.08. The SMILES string of the molecule is Cc1ccc(SCCC(=O)c2ccc(C(=O)C(C)C)cc2)cc1. The Balaban J connectivity index is 1.88. The fraction of sp³-hybridized carbons (Fsp3) is 0.300. The quantitative estimate of drug-likeness (QED) is 0.518. The summed E-state index contributed by atoms with van der Waals surface area (Å²) < 4.78 is 0. The van der Waals surface area contributed by atoms with Gasteiger partial charge in [0.1, 0.15) is 0 Å². The molecule has 3 heteroatoms. The van der Waals surface area contributed by atoms with E-state index in [1.54, 1.807) is 36.0 Å². The minimum Gasteiger partial charge on any atom is -0.294 e. The second-order valence-corrected chi connectivity index (χ2v) is 7.10. The summed E-state index contributed by atoms with van der Waals surface area (Å²) in [6, 6.07) is 15.3. The van der Waals surface area contributed by atoms with Gasteiger partial charge in [0.25, 0.3) is 0 Å². The smallest absolute Gasteiger partial charge is 0.165 e. The van der Waals surface area contributed by atoms with E-state index < -0.39 is 0 Å². The third-order valence-electron chi connectivity index (χ3n) is 3.63. The summed E-state index contributed by atoms with van der Waals surface area (Å²) in [5, 5.41) is 0. The number of Topliss-reactive ketones (excluding diaryl/α,β-unsaturated/α-hetero) is 2. The number of thioether (sulfide) groups is 1. The first kappa shape index (κ1) is 17.5. The van der Waals surface area contributed by atoms with Gasteiger partial charge in [-0.25, -0.2) is 0 Å². The van der Waals surface area contributed by atoms with Gasteiger partial charge in [-0.15, -0.1) is 11.8 Å². The molecule has 0 saturated carbocycles. The highest BCUT2D eigenvalue weighted by atomic mass is 32.2. The Morgan fingerprint density at radius 1 is 0.913 bits per heavy atom. The average molecular weight is 326 g/mol. The van der Waals surface area contributed by atoms with Crippen molar-refractivity contribution >= 4 is 23.3 Å². The Kier molecular flexibility index (Phi) is 6.17. The van der Waals surface area contributed by atoms with E-state index in [9.17, 15) is 9.59 Å². The fourth-order valence-electron chi connectivity index (χ4n) is 2.19. The molecule has 2 nitrogen and oxygen atoms in total. The Labute approximate surface area is 142 Å². The van der Waals surface area contributed by atoms with E-state index in [2.05, 4.69) is 31.2 Å². The van der Waals surface area contributed by atoms with Gasteiger partial charge < -0.3 is 0 Å². The van der Waals surface area contributed by atoms with Crippen LogP contribution in [0.2, 0.25) is 0 Å². The Bertz CT molecular complexity index is 670. The number of carbonyl (C=O) groups excluding carboxylic acids is 2. The fourth-order valence-corrected chi connectivity index (χ4v) is 3.05. The van der Waals surface area contributed by atoms with Gasteiger partial charge in [-0.2, -0.15) is 0 Å². The molecule has 23 heavy (non-hydrogen) atoms. The van der Waals surface area contributed by atoms with Crippen molar-refractivity contribution in [1.29, 1.82) is 0 Å². The lowest BCUT2D eigenvalue weighted by Gasteiger charge is -2.06. The number of hydrogen-bond acceptors (Lipinski definition) is 3. The average Bonchev–Trinajstić information content (AvgIpc) is 2.56. The lowest BCUT2D eigenvalue weighted by molar-refractivity contribution is 0.0937. The third kappa shape index (κ3) is 5.07. The summed E-state index contributed by atoms with van der Waals surface area (Å²) in [6.07, 6.45) is 0.496. The molecule has 0 fully saturated rings. The van der Waals surface area contributed by atoms with Gasteiger partial charge in [0.15, 0.2) is 11.6 Å². The zero-order valence-corrected chi connectivity index (χ0v) is 14.7. The van der Waals surface area contributed by atoms with E-state index in [0.717, 1.165) is 5.75 Å². The first-order chi connectivity index (χ1) is 11.0. The molecule has 0 radical (unpaired) electrons. The zero-order chi connectivity index (χ0) is 16.8. The molecule has 0 bridgehead atoms. The highest BCUT2D eigenvalue weighted by Gasteiger charge is 2.11. The van der Waals surface area contributed by atoms with Crippen molar-refractivity contribution < 1.29 is 9.59 Å². The van der Waals surface area contributed by atoms with Crippen molar-refractivity contribution in [3.8, 4) is 0 Å². The number of carbonyl (C=O) groups is 2. The zero-order valence-electron chi connectivity index (χ0n) is 13.8. The van der Waals surface area contributed by atoms with Crippen LogP contribution in [0.1, 0.15) is 46.5 Å². The van der Waals surface area contributed by atoms with Crippen LogP contribution in [0.25, 0.3) is 0 Å². The maximum atomic E-state index is 12.2. The van der Waals surface area contributed by atoms with Gasteiger partial charge in [-0.3, -0.25) is 9.59 Å². The summed E-state index contributed by atoms with van der Waals surface area (Å²) in [5.41, 5.74) is 2.59. The molecule has 120 valence electrons. The van der Waals surface area contributed by atoms with E-state index in [1.807, 2.05) is 13.8 Å². The number of hydrogen-bond donors (Lipinski definition) is 0. The van der Waals surface area contributed by atoms with Crippen molar-refractivity contribution in [3.05, 3.63) is 65.2 Å². The second-order valence-electron chi connectivity index (χ2n) is 5.93. The molecule has 0 aliphatic rings. The molecule has 2 aromatic carbocycles. The summed E-state index contributed by atoms with van der Waals surface area (Å²) in [4.78, 5) is 25.3. The van der Waals surface area contributed by atoms with Crippen LogP contribution in [-0.4, -0.2) is 17.3 Å². The highest BCUT2D eigenvalue weighted by molar-refractivity contribution is 7.99. The molecular formula is C20H22O2S. The van der Waals surface area contributed by atoms with Gasteiger partial charge in [-0.1, -0.05) is 55.8 Å². The van der Waals surface area contributed by atoms with Crippen LogP contribution in [0.15, 0.2) is 53.4 Å². The first-order valence-electron chi connectivity index (χ1n) is 7.84. The molecule has 0 N–H and O–H groups in total. The standard InChI is InChI=1S/C20H22O2S/c1-14(2)20(22)17-8-6-16(7-9-17)19(21)12-13-23-18-10-4-15(3)5-11-18/h4-11,14H,12-13H2,1-3H3. The Morgan fingerprint density at radius 3 is 2.04 bits per heavy atom. The molecule has 2 rings (SSSR count). The van der Waals surface area contributed by atoms with Crippen LogP contribution in [0.4, 0.5) is 0 Å². The molecule has 0 aliphatic carbocycles. The molecule has 0 saturated heterocycles. The third-order valence-corrected chi connectivity index (χ3v) is 4.65. The molecule has 0 heterocycles. The van der Waals surface area contributed by atoms with Crippen LogP contribution in [0, 0.1) is 12.8 Å². The van der Waals surface area contributed by atoms with Crippen molar-refractivity contribution in [2.45, 2.75) is 32.1 Å². The molecular weight excluding hydrogens is 304 g/mol. The number of ketones is 2. The molecule has 0 aliphatic heterocycles. The Hall–Kier alpha value is -1.87. The minimum absolute atomic E-state index is 0.0255. The Morgan fingerprint density at radius 2 is 1.48 bits per heavy atom. The molecule has 0 aromatic heterocycles. The molecule has 0 spiro atoms. The van der Waals surface area contributed by atoms with Crippen molar-refractivity contribution in [3.63, 3.8) is 0 Å². The van der Waals surface area contributed by atoms with Gasteiger partial charge in [-0.05, 0) is 19.1 Å². The maximum Gasteiger partial charge on any atom is 0.165 e. The summed E-state index contributed by atoms with van der Waals surface area (Å²) in [7, 11) is 0. The van der Waals surface area contributed by atoms with E-state index in [-0.39, 0.29) is 17.5 Å². The van der Waals surface area contributed by atoms with E-state index >= 15 is 0 Å². The van der Waals surface area contributed by atoms with E-state index in [1.165, 1.54) is 10.5 Å². The largest absolute Gasteiger partial charge is 0.294 e. The number of rotatable bonds is 7. The lowest BCUT2D eigenvalue weighted by atomic mass is 9.99. The van der Waals surface area contributed by atoms with Gasteiger partial charge in [0.2, 0.25) is 0 Å². The number of benzene rings is 2. The topological polar surface area (TPSA) is 34.1 Å². The van der Waals surface area contributed by atoms with Crippen LogP contribution >= 0.6 is 11.8 Å². The predicted octanol–water partition coefficient (Wildman–Crippen LogP) is 5.20. The van der Waals surface area contributed by atoms with E-state index in [4.69, 9.17) is 0 Å². The summed E-state index contributed by atoms with van der Waals surface area (Å²) in [6.45, 7) is 5.82. The number of aryl methyl sites for hydroxylation is 1. The predicted molar refractivity (Wildman–Crippen MR) is 96.5 cm³/mol. The van der Waals surface area contributed by atoms with Crippen LogP contribution in [0.3, 0.4) is 0 Å². The van der Waals surface area contributed by atoms with Crippen molar-refractivity contribution in [2.75, 3.05) is 5.75 Å². The monoisotopic (exact) mass is 326 g/mol. The van der Waals surface area contributed by atoms with E-state index in [0.29, 0.717) is 17.5 Å². The van der Waals surface area contributed by atoms with Crippen LogP contribution in [0.5, 0.6) is 0 Å². The van der Waals surface area contributed by atoms with Crippen molar-refractivity contribution in [1.82, 2.24) is 0 Å². The van der Waals surface area contributed by atoms with Gasteiger partial charge in [0.05, 0.1) is 0 Å². The van der Waals surface area contributed by atoms with Gasteiger partial charge in [0, 0.05) is 34.1 Å². The normalized spacial score (nSPS) is 10.8. The highest BCUT2D eigenvalue weighted by Crippen LogP contribution is 2.20. The molecule has 0 unspecified atom stereocenters. The van der Waals surface area contributed by atoms with Gasteiger partial charge >= 0.3 is 0 Å². The first-order valence-corrected chi connectivity index (χ1v) is 8.83. The van der Waals surface area contributed by atoms with Crippen LogP contribution < -0.4 is 0 Å². The molecule has 2 aromatic rings. The van der Waals surface area contributed by atoms with Crippen LogP contribution in [-0.2, 0) is 0 Å². The summed E-state index contributed by atoms with van der Waals surface area (Å²) >= 11 is 1.69. The van der Waals surface area contributed by atoms with Crippen molar-refractivity contribution in [2.24, 2.45) is 5.92 Å². The minimum atomic E-state index is -0.0255. The molecule has 0 atom stereocenters. The summed E-state index contributed by atoms with van der Waals surface area (Å²) in [5.74, 6) is 0.962. The maximum absolute atomic E-state index is 12.2. The second kappa shape index (κ2) is 8.11. The molecule has 0 amide bonds.